The largest absolute Gasteiger partial charge is 0.354 e. The van der Waals surface area contributed by atoms with Crippen LogP contribution in [0.4, 0.5) is 0 Å². The Balaban J connectivity index is 2.19. The van der Waals surface area contributed by atoms with Crippen molar-refractivity contribution < 1.29 is 4.79 Å². The highest BCUT2D eigenvalue weighted by Gasteiger charge is 2.24. The smallest absolute Gasteiger partial charge is 0.225 e. The fraction of sp³-hybridized carbons (Fsp3) is 0.917. The Labute approximate surface area is 98.8 Å². The molecule has 2 N–H and O–H groups in total. The number of carbonyl (C=O) groups excluding carboxylic acids is 1. The first kappa shape index (κ1) is 13.5. The maximum atomic E-state index is 11.6. The summed E-state index contributed by atoms with van der Waals surface area (Å²) < 4.78 is 0. The van der Waals surface area contributed by atoms with Crippen LogP contribution in [0.3, 0.4) is 0 Å². The van der Waals surface area contributed by atoms with Crippen LogP contribution < -0.4 is 10.6 Å². The van der Waals surface area contributed by atoms with Crippen LogP contribution in [-0.2, 0) is 4.79 Å². The molecule has 1 amide bonds. The summed E-state index contributed by atoms with van der Waals surface area (Å²) >= 11 is 0. The van der Waals surface area contributed by atoms with Crippen molar-refractivity contribution in [3.63, 3.8) is 0 Å². The SMILES string of the molecule is CC(C)N(CCNC(=O)C1CNC1)C(C)C. The fourth-order valence-electron chi connectivity index (χ4n) is 2.04. The van der Waals surface area contributed by atoms with E-state index in [9.17, 15) is 4.79 Å². The molecule has 0 radical (unpaired) electrons. The predicted molar refractivity (Wildman–Crippen MR) is 66.3 cm³/mol. The molecule has 1 aliphatic heterocycles. The molecule has 0 aromatic heterocycles. The molecule has 0 unspecified atom stereocenters. The number of rotatable bonds is 6. The lowest BCUT2D eigenvalue weighted by molar-refractivity contribution is -0.126. The predicted octanol–water partition coefficient (Wildman–Crippen LogP) is 0.441. The van der Waals surface area contributed by atoms with Crippen molar-refractivity contribution in [3.8, 4) is 0 Å². The van der Waals surface area contributed by atoms with E-state index in [4.69, 9.17) is 0 Å². The van der Waals surface area contributed by atoms with Gasteiger partial charge in [0.15, 0.2) is 0 Å². The Bertz CT molecular complexity index is 216. The highest BCUT2D eigenvalue weighted by atomic mass is 16.2. The van der Waals surface area contributed by atoms with E-state index in [-0.39, 0.29) is 11.8 Å². The number of nitrogens with zero attached hydrogens (tertiary/aromatic N) is 1. The molecule has 0 bridgehead atoms. The lowest BCUT2D eigenvalue weighted by Crippen LogP contribution is -2.52. The van der Waals surface area contributed by atoms with Gasteiger partial charge in [0, 0.05) is 38.3 Å². The number of amides is 1. The number of nitrogens with one attached hydrogen (secondary N) is 2. The number of hydrogen-bond acceptors (Lipinski definition) is 3. The Morgan fingerprint density at radius 2 is 1.88 bits per heavy atom. The van der Waals surface area contributed by atoms with Gasteiger partial charge in [-0.3, -0.25) is 9.69 Å². The molecule has 0 saturated carbocycles. The minimum Gasteiger partial charge on any atom is -0.354 e. The summed E-state index contributed by atoms with van der Waals surface area (Å²) in [5.41, 5.74) is 0. The maximum Gasteiger partial charge on any atom is 0.225 e. The van der Waals surface area contributed by atoms with Gasteiger partial charge in [0.05, 0.1) is 5.92 Å². The molecule has 4 heteroatoms. The standard InChI is InChI=1S/C12H25N3O/c1-9(2)15(10(3)4)6-5-14-12(16)11-7-13-8-11/h9-11,13H,5-8H2,1-4H3,(H,14,16). The molecule has 1 aliphatic rings. The van der Waals surface area contributed by atoms with Gasteiger partial charge in [-0.15, -0.1) is 0 Å². The lowest BCUT2D eigenvalue weighted by Gasteiger charge is -2.31. The molecule has 0 atom stereocenters. The summed E-state index contributed by atoms with van der Waals surface area (Å²) in [7, 11) is 0. The first-order valence-corrected chi connectivity index (χ1v) is 6.26. The summed E-state index contributed by atoms with van der Waals surface area (Å²) in [4.78, 5) is 14.0. The molecular weight excluding hydrogens is 202 g/mol. The van der Waals surface area contributed by atoms with Crippen LogP contribution >= 0.6 is 0 Å². The van der Waals surface area contributed by atoms with Crippen molar-refractivity contribution in [2.75, 3.05) is 26.2 Å². The molecule has 1 rings (SSSR count). The molecule has 0 aromatic carbocycles. The summed E-state index contributed by atoms with van der Waals surface area (Å²) in [5.74, 6) is 0.401. The highest BCUT2D eigenvalue weighted by Crippen LogP contribution is 2.04. The van der Waals surface area contributed by atoms with Crippen molar-refractivity contribution >= 4 is 5.91 Å². The Kier molecular flexibility index (Phi) is 5.22. The Morgan fingerprint density at radius 1 is 1.31 bits per heavy atom. The zero-order valence-corrected chi connectivity index (χ0v) is 10.9. The monoisotopic (exact) mass is 227 g/mol. The van der Waals surface area contributed by atoms with Crippen LogP contribution in [0.5, 0.6) is 0 Å². The van der Waals surface area contributed by atoms with Gasteiger partial charge in [0.25, 0.3) is 0 Å². The quantitative estimate of drug-likeness (QED) is 0.692. The summed E-state index contributed by atoms with van der Waals surface area (Å²) in [6, 6.07) is 1.06. The van der Waals surface area contributed by atoms with Gasteiger partial charge in [-0.2, -0.15) is 0 Å². The van der Waals surface area contributed by atoms with Gasteiger partial charge >= 0.3 is 0 Å². The average molecular weight is 227 g/mol. The van der Waals surface area contributed by atoms with Crippen molar-refractivity contribution in [2.24, 2.45) is 5.92 Å². The Hall–Kier alpha value is -0.610. The van der Waals surface area contributed by atoms with E-state index in [0.29, 0.717) is 12.1 Å². The second kappa shape index (κ2) is 6.21. The van der Waals surface area contributed by atoms with Gasteiger partial charge in [0.1, 0.15) is 0 Å². The molecule has 0 aliphatic carbocycles. The van der Waals surface area contributed by atoms with Gasteiger partial charge < -0.3 is 10.6 Å². The molecule has 4 nitrogen and oxygen atoms in total. The normalized spacial score (nSPS) is 16.9. The van der Waals surface area contributed by atoms with Crippen molar-refractivity contribution in [1.82, 2.24) is 15.5 Å². The van der Waals surface area contributed by atoms with Crippen molar-refractivity contribution in [3.05, 3.63) is 0 Å². The minimum atomic E-state index is 0.200. The lowest BCUT2D eigenvalue weighted by atomic mass is 10.0. The second-order valence-corrected chi connectivity index (χ2v) is 5.07. The van der Waals surface area contributed by atoms with Crippen LogP contribution in [0.15, 0.2) is 0 Å². The highest BCUT2D eigenvalue weighted by molar-refractivity contribution is 5.79. The molecule has 1 heterocycles. The van der Waals surface area contributed by atoms with Crippen LogP contribution in [0.25, 0.3) is 0 Å². The van der Waals surface area contributed by atoms with E-state index in [1.165, 1.54) is 0 Å². The van der Waals surface area contributed by atoms with Crippen LogP contribution in [0.2, 0.25) is 0 Å². The van der Waals surface area contributed by atoms with Gasteiger partial charge in [-0.05, 0) is 27.7 Å². The molecule has 1 saturated heterocycles. The van der Waals surface area contributed by atoms with Crippen molar-refractivity contribution in [1.29, 1.82) is 0 Å². The van der Waals surface area contributed by atoms with Crippen LogP contribution in [0, 0.1) is 5.92 Å². The first-order valence-electron chi connectivity index (χ1n) is 6.26. The summed E-state index contributed by atoms with van der Waals surface area (Å²) in [5, 5.41) is 6.11. The van der Waals surface area contributed by atoms with E-state index < -0.39 is 0 Å². The summed E-state index contributed by atoms with van der Waals surface area (Å²) in [6.07, 6.45) is 0. The fourth-order valence-corrected chi connectivity index (χ4v) is 2.04. The zero-order valence-electron chi connectivity index (χ0n) is 10.9. The van der Waals surface area contributed by atoms with E-state index in [1.54, 1.807) is 0 Å². The number of hydrogen-bond donors (Lipinski definition) is 2. The third kappa shape index (κ3) is 3.76. The van der Waals surface area contributed by atoms with Gasteiger partial charge in [-0.1, -0.05) is 0 Å². The number of carbonyl (C=O) groups is 1. The molecule has 0 spiro atoms. The third-order valence-electron chi connectivity index (χ3n) is 3.15. The van der Waals surface area contributed by atoms with E-state index >= 15 is 0 Å². The Morgan fingerprint density at radius 3 is 2.25 bits per heavy atom. The van der Waals surface area contributed by atoms with E-state index in [2.05, 4.69) is 43.2 Å². The molecule has 1 fully saturated rings. The zero-order chi connectivity index (χ0) is 12.1. The van der Waals surface area contributed by atoms with Crippen molar-refractivity contribution in [2.45, 2.75) is 39.8 Å². The molecular formula is C12H25N3O. The van der Waals surface area contributed by atoms with E-state index in [1.807, 2.05) is 0 Å². The van der Waals surface area contributed by atoms with Crippen LogP contribution in [-0.4, -0.2) is 49.1 Å². The summed E-state index contributed by atoms with van der Waals surface area (Å²) in [6.45, 7) is 12.1. The van der Waals surface area contributed by atoms with Gasteiger partial charge in [-0.25, -0.2) is 0 Å². The first-order chi connectivity index (χ1) is 7.52. The van der Waals surface area contributed by atoms with Crippen LogP contribution in [0.1, 0.15) is 27.7 Å². The van der Waals surface area contributed by atoms with E-state index in [0.717, 1.165) is 26.2 Å². The minimum absolute atomic E-state index is 0.200. The van der Waals surface area contributed by atoms with Gasteiger partial charge in [0.2, 0.25) is 5.91 Å². The molecule has 0 aromatic rings. The maximum absolute atomic E-state index is 11.6. The molecule has 94 valence electrons. The molecule has 16 heavy (non-hydrogen) atoms. The topological polar surface area (TPSA) is 44.4 Å². The second-order valence-electron chi connectivity index (χ2n) is 5.07. The third-order valence-corrected chi connectivity index (χ3v) is 3.15. The average Bonchev–Trinajstić information content (AvgIpc) is 2.07.